The number of nitrogens with zero attached hydrogens (tertiary/aromatic N) is 1. The van der Waals surface area contributed by atoms with Crippen molar-refractivity contribution in [1.82, 2.24) is 10.3 Å². The second-order valence-electron chi connectivity index (χ2n) is 4.02. The number of hydrogen-bond acceptors (Lipinski definition) is 4. The Kier molecular flexibility index (Phi) is 6.14. The Balaban J connectivity index is 2.48. The van der Waals surface area contributed by atoms with Crippen LogP contribution in [0.25, 0.3) is 6.08 Å². The van der Waals surface area contributed by atoms with Crippen LogP contribution in [-0.4, -0.2) is 28.6 Å². The van der Waals surface area contributed by atoms with Crippen molar-refractivity contribution < 1.29 is 14.3 Å². The van der Waals surface area contributed by atoms with Crippen molar-refractivity contribution in [3.8, 4) is 0 Å². The number of hydrogen-bond donors (Lipinski definition) is 3. The summed E-state index contributed by atoms with van der Waals surface area (Å²) in [6.45, 7) is 4.06. The van der Waals surface area contributed by atoms with Crippen LogP contribution in [-0.2, 0) is 4.79 Å². The van der Waals surface area contributed by atoms with Crippen LogP contribution < -0.4 is 11.1 Å². The van der Waals surface area contributed by atoms with Gasteiger partial charge in [-0.3, -0.25) is 4.79 Å². The molecule has 4 N–H and O–H groups in total. The van der Waals surface area contributed by atoms with Crippen molar-refractivity contribution in [3.05, 3.63) is 47.1 Å². The number of carboxylic acid groups (broad SMARTS) is 1. The lowest BCUT2D eigenvalue weighted by Gasteiger charge is -2.08. The highest BCUT2D eigenvalue weighted by Gasteiger charge is 2.10. The lowest BCUT2D eigenvalue weighted by Crippen LogP contribution is -2.33. The SMILES string of the molecule is C=C(/C=C/c1ccnc(Cl)c1F)NCCC(N)C(=O)O. The molecule has 1 unspecified atom stereocenters. The van der Waals surface area contributed by atoms with Gasteiger partial charge in [-0.25, -0.2) is 9.37 Å². The van der Waals surface area contributed by atoms with Crippen molar-refractivity contribution >= 4 is 23.6 Å². The zero-order chi connectivity index (χ0) is 15.1. The fourth-order valence-electron chi connectivity index (χ4n) is 1.32. The Morgan fingerprint density at radius 3 is 3.05 bits per heavy atom. The zero-order valence-corrected chi connectivity index (χ0v) is 11.4. The summed E-state index contributed by atoms with van der Waals surface area (Å²) >= 11 is 5.55. The first-order chi connectivity index (χ1) is 9.41. The van der Waals surface area contributed by atoms with Gasteiger partial charge in [0.25, 0.3) is 0 Å². The second-order valence-corrected chi connectivity index (χ2v) is 4.38. The molecular weight excluding hydrogens is 285 g/mol. The molecule has 0 spiro atoms. The van der Waals surface area contributed by atoms with Crippen molar-refractivity contribution in [2.24, 2.45) is 5.73 Å². The summed E-state index contributed by atoms with van der Waals surface area (Å²) in [6.07, 6.45) is 4.71. The highest BCUT2D eigenvalue weighted by molar-refractivity contribution is 6.29. The average molecular weight is 300 g/mol. The lowest BCUT2D eigenvalue weighted by atomic mass is 10.2. The molecule has 1 rings (SSSR count). The van der Waals surface area contributed by atoms with Gasteiger partial charge in [-0.15, -0.1) is 0 Å². The summed E-state index contributed by atoms with van der Waals surface area (Å²) in [6, 6.07) is 0.557. The van der Waals surface area contributed by atoms with E-state index in [4.69, 9.17) is 22.4 Å². The van der Waals surface area contributed by atoms with Gasteiger partial charge in [0, 0.05) is 24.0 Å². The van der Waals surface area contributed by atoms with Crippen molar-refractivity contribution in [2.45, 2.75) is 12.5 Å². The minimum Gasteiger partial charge on any atom is -0.480 e. The van der Waals surface area contributed by atoms with Crippen LogP contribution in [0.2, 0.25) is 5.15 Å². The molecule has 0 fully saturated rings. The lowest BCUT2D eigenvalue weighted by molar-refractivity contribution is -0.138. The van der Waals surface area contributed by atoms with Gasteiger partial charge >= 0.3 is 5.97 Å². The van der Waals surface area contributed by atoms with E-state index >= 15 is 0 Å². The number of pyridine rings is 1. The molecule has 7 heteroatoms. The molecule has 1 aromatic rings. The first-order valence-electron chi connectivity index (χ1n) is 5.81. The predicted octanol–water partition coefficient (Wildman–Crippen LogP) is 1.79. The molecule has 0 bridgehead atoms. The fraction of sp³-hybridized carbons (Fsp3) is 0.231. The van der Waals surface area contributed by atoms with Gasteiger partial charge < -0.3 is 16.2 Å². The average Bonchev–Trinajstić information content (AvgIpc) is 2.40. The van der Waals surface area contributed by atoms with E-state index in [1.54, 1.807) is 6.08 Å². The minimum atomic E-state index is -1.05. The molecule has 1 heterocycles. The third-order valence-corrected chi connectivity index (χ3v) is 2.73. The molecular formula is C13H15ClFN3O2. The number of halogens is 2. The normalized spacial score (nSPS) is 12.3. The number of carbonyl (C=O) groups is 1. The number of rotatable bonds is 7. The van der Waals surface area contributed by atoms with Gasteiger partial charge in [-0.2, -0.15) is 0 Å². The molecule has 0 saturated carbocycles. The Hall–Kier alpha value is -1.92. The number of nitrogens with one attached hydrogen (secondary N) is 1. The molecule has 0 saturated heterocycles. The van der Waals surface area contributed by atoms with Crippen molar-refractivity contribution in [2.75, 3.05) is 6.54 Å². The largest absolute Gasteiger partial charge is 0.480 e. The molecule has 1 atom stereocenters. The summed E-state index contributed by atoms with van der Waals surface area (Å²) in [5.41, 5.74) is 6.14. The van der Waals surface area contributed by atoms with Crippen LogP contribution in [0, 0.1) is 5.82 Å². The van der Waals surface area contributed by atoms with Gasteiger partial charge in [-0.1, -0.05) is 18.2 Å². The molecule has 0 aliphatic rings. The van der Waals surface area contributed by atoms with E-state index in [0.717, 1.165) is 0 Å². The van der Waals surface area contributed by atoms with E-state index in [1.807, 2.05) is 0 Å². The monoisotopic (exact) mass is 299 g/mol. The van der Waals surface area contributed by atoms with E-state index in [-0.39, 0.29) is 17.1 Å². The van der Waals surface area contributed by atoms with Crippen LogP contribution in [0.15, 0.2) is 30.6 Å². The smallest absolute Gasteiger partial charge is 0.320 e. The second kappa shape index (κ2) is 7.62. The van der Waals surface area contributed by atoms with E-state index < -0.39 is 17.8 Å². The third kappa shape index (κ3) is 4.99. The predicted molar refractivity (Wildman–Crippen MR) is 75.6 cm³/mol. The summed E-state index contributed by atoms with van der Waals surface area (Å²) in [5, 5.41) is 11.3. The van der Waals surface area contributed by atoms with Crippen LogP contribution in [0.3, 0.4) is 0 Å². The molecule has 1 aromatic heterocycles. The van der Waals surface area contributed by atoms with Gasteiger partial charge in [0.15, 0.2) is 11.0 Å². The van der Waals surface area contributed by atoms with E-state index in [0.29, 0.717) is 12.2 Å². The quantitative estimate of drug-likeness (QED) is 0.528. The molecule has 0 aliphatic carbocycles. The number of allylic oxidation sites excluding steroid dienone is 1. The van der Waals surface area contributed by atoms with Crippen molar-refractivity contribution in [1.29, 1.82) is 0 Å². The van der Waals surface area contributed by atoms with Crippen LogP contribution in [0.5, 0.6) is 0 Å². The Morgan fingerprint density at radius 1 is 1.70 bits per heavy atom. The van der Waals surface area contributed by atoms with Crippen LogP contribution >= 0.6 is 11.6 Å². The van der Waals surface area contributed by atoms with E-state index in [2.05, 4.69) is 16.9 Å². The topological polar surface area (TPSA) is 88.2 Å². The van der Waals surface area contributed by atoms with Crippen LogP contribution in [0.1, 0.15) is 12.0 Å². The van der Waals surface area contributed by atoms with Crippen molar-refractivity contribution in [3.63, 3.8) is 0 Å². The number of aromatic nitrogens is 1. The number of aliphatic carboxylic acids is 1. The minimum absolute atomic E-state index is 0.196. The van der Waals surface area contributed by atoms with E-state index in [9.17, 15) is 9.18 Å². The van der Waals surface area contributed by atoms with Gasteiger partial charge in [0.2, 0.25) is 0 Å². The molecule has 0 radical (unpaired) electrons. The summed E-state index contributed by atoms with van der Waals surface area (Å²) in [7, 11) is 0. The summed E-state index contributed by atoms with van der Waals surface area (Å²) in [5.74, 6) is -1.66. The maximum atomic E-state index is 13.5. The summed E-state index contributed by atoms with van der Waals surface area (Å²) in [4.78, 5) is 14.1. The Morgan fingerprint density at radius 2 is 2.40 bits per heavy atom. The fourth-order valence-corrected chi connectivity index (χ4v) is 1.49. The molecule has 5 nitrogen and oxygen atoms in total. The number of carboxylic acids is 1. The van der Waals surface area contributed by atoms with Gasteiger partial charge in [-0.05, 0) is 24.6 Å². The third-order valence-electron chi connectivity index (χ3n) is 2.47. The number of nitrogens with two attached hydrogens (primary N) is 1. The molecule has 0 amide bonds. The van der Waals surface area contributed by atoms with Gasteiger partial charge in [0.1, 0.15) is 6.04 Å². The van der Waals surface area contributed by atoms with Gasteiger partial charge in [0.05, 0.1) is 0 Å². The Labute approximate surface area is 121 Å². The maximum Gasteiger partial charge on any atom is 0.320 e. The highest BCUT2D eigenvalue weighted by atomic mass is 35.5. The zero-order valence-electron chi connectivity index (χ0n) is 10.6. The first kappa shape index (κ1) is 16.1. The first-order valence-corrected chi connectivity index (χ1v) is 6.19. The standard InChI is InChI=1S/C13H15ClFN3O2/c1-8(17-7-5-10(16)13(19)20)2-3-9-4-6-18-12(14)11(9)15/h2-4,6,10,17H,1,5,7,16H2,(H,19,20)/b3-2+. The van der Waals surface area contributed by atoms with E-state index in [1.165, 1.54) is 18.3 Å². The summed E-state index contributed by atoms with van der Waals surface area (Å²) < 4.78 is 13.5. The molecule has 20 heavy (non-hydrogen) atoms. The maximum absolute atomic E-state index is 13.5. The molecule has 0 aromatic carbocycles. The van der Waals surface area contributed by atoms with Crippen LogP contribution in [0.4, 0.5) is 4.39 Å². The molecule has 108 valence electrons. The highest BCUT2D eigenvalue weighted by Crippen LogP contribution is 2.16. The Bertz CT molecular complexity index is 534. The molecule has 0 aliphatic heterocycles.